The summed E-state index contributed by atoms with van der Waals surface area (Å²) in [7, 11) is 0. The average Bonchev–Trinajstić information content (AvgIpc) is 2.71. The number of hydrogen-bond acceptors (Lipinski definition) is 4. The molecule has 0 saturated heterocycles. The zero-order chi connectivity index (χ0) is 19.5. The Kier molecular flexibility index (Phi) is 5.55. The van der Waals surface area contributed by atoms with E-state index in [1.54, 1.807) is 18.3 Å². The van der Waals surface area contributed by atoms with Crippen LogP contribution in [0.25, 0.3) is 10.9 Å². The van der Waals surface area contributed by atoms with E-state index in [4.69, 9.17) is 11.6 Å². The van der Waals surface area contributed by atoms with Gasteiger partial charge in [-0.3, -0.25) is 4.79 Å². The Morgan fingerprint density at radius 3 is 2.79 bits per heavy atom. The Bertz CT molecular complexity index is 977. The van der Waals surface area contributed by atoms with Gasteiger partial charge in [0, 0.05) is 11.6 Å². The molecule has 2 N–H and O–H groups in total. The Morgan fingerprint density at radius 1 is 1.14 bits per heavy atom. The number of amides is 1. The maximum Gasteiger partial charge on any atom is 0.270 e. The molecule has 3 atom stereocenters. The van der Waals surface area contributed by atoms with Crippen molar-refractivity contribution in [2.75, 3.05) is 0 Å². The van der Waals surface area contributed by atoms with E-state index in [9.17, 15) is 9.90 Å². The molecule has 3 aromatic rings. The lowest BCUT2D eigenvalue weighted by Crippen LogP contribution is -2.47. The van der Waals surface area contributed by atoms with Gasteiger partial charge in [0.1, 0.15) is 10.8 Å². The molecule has 6 heteroatoms. The fourth-order valence-corrected chi connectivity index (χ4v) is 3.99. The molecule has 1 saturated carbocycles. The number of aromatic nitrogens is 2. The summed E-state index contributed by atoms with van der Waals surface area (Å²) in [6.45, 7) is 0. The van der Waals surface area contributed by atoms with Crippen LogP contribution in [0.3, 0.4) is 0 Å². The fourth-order valence-electron chi connectivity index (χ4n) is 3.88. The van der Waals surface area contributed by atoms with Crippen molar-refractivity contribution in [2.24, 2.45) is 5.92 Å². The first kappa shape index (κ1) is 18.8. The standard InChI is InChI=1S/C22H22ClN3O2/c23-21-10-6-15(13-24-21)11-14-5-8-18(20(27)12-14)26-22(28)19-9-7-16-3-1-2-4-17(16)25-19/h1-4,6-7,9-10,13-14,18,20,27H,5,8,11-12H2,(H,26,28)/t14?,18-,20-/m1/s1. The van der Waals surface area contributed by atoms with E-state index in [-0.39, 0.29) is 11.9 Å². The molecule has 1 amide bonds. The second-order valence-electron chi connectivity index (χ2n) is 7.41. The molecule has 1 aliphatic carbocycles. The SMILES string of the molecule is O=C(N[C@@H]1CCC(Cc2ccc(Cl)nc2)C[C@H]1O)c1ccc2ccccc2n1. The summed E-state index contributed by atoms with van der Waals surface area (Å²) in [6, 6.07) is 14.8. The third-order valence-electron chi connectivity index (χ3n) is 5.39. The van der Waals surface area contributed by atoms with Crippen molar-refractivity contribution >= 4 is 28.4 Å². The summed E-state index contributed by atoms with van der Waals surface area (Å²) in [5.74, 6) is 0.125. The quantitative estimate of drug-likeness (QED) is 0.659. The summed E-state index contributed by atoms with van der Waals surface area (Å²) in [6.07, 6.45) is 4.41. The highest BCUT2D eigenvalue weighted by Crippen LogP contribution is 2.28. The van der Waals surface area contributed by atoms with Crippen LogP contribution < -0.4 is 5.32 Å². The van der Waals surface area contributed by atoms with Gasteiger partial charge < -0.3 is 10.4 Å². The molecular weight excluding hydrogens is 374 g/mol. The van der Waals surface area contributed by atoms with Crippen molar-refractivity contribution in [1.82, 2.24) is 15.3 Å². The van der Waals surface area contributed by atoms with Crippen molar-refractivity contribution in [3.05, 3.63) is 71.1 Å². The first-order valence-corrected chi connectivity index (χ1v) is 9.91. The highest BCUT2D eigenvalue weighted by Gasteiger charge is 2.30. The van der Waals surface area contributed by atoms with Gasteiger partial charge in [0.05, 0.1) is 17.7 Å². The number of fused-ring (bicyclic) bond motifs is 1. The Hall–Kier alpha value is -2.50. The number of pyridine rings is 2. The van der Waals surface area contributed by atoms with Gasteiger partial charge in [0.15, 0.2) is 0 Å². The van der Waals surface area contributed by atoms with Crippen LogP contribution >= 0.6 is 11.6 Å². The van der Waals surface area contributed by atoms with Crippen LogP contribution in [-0.2, 0) is 6.42 Å². The molecule has 2 heterocycles. The maximum absolute atomic E-state index is 12.6. The monoisotopic (exact) mass is 395 g/mol. The fraction of sp³-hybridized carbons (Fsp3) is 0.318. The lowest BCUT2D eigenvalue weighted by Gasteiger charge is -2.33. The summed E-state index contributed by atoms with van der Waals surface area (Å²) >= 11 is 5.83. The second-order valence-corrected chi connectivity index (χ2v) is 7.80. The number of benzene rings is 1. The molecule has 0 aliphatic heterocycles. The summed E-state index contributed by atoms with van der Waals surface area (Å²) < 4.78 is 0. The number of rotatable bonds is 4. The molecule has 0 radical (unpaired) electrons. The minimum Gasteiger partial charge on any atom is -0.391 e. The molecular formula is C22H22ClN3O2. The third kappa shape index (κ3) is 4.32. The molecule has 1 aliphatic rings. The van der Waals surface area contributed by atoms with E-state index < -0.39 is 6.10 Å². The number of carbonyl (C=O) groups is 1. The highest BCUT2D eigenvalue weighted by atomic mass is 35.5. The molecule has 0 spiro atoms. The van der Waals surface area contributed by atoms with Gasteiger partial charge in [-0.25, -0.2) is 9.97 Å². The van der Waals surface area contributed by atoms with Crippen molar-refractivity contribution in [3.8, 4) is 0 Å². The van der Waals surface area contributed by atoms with Gasteiger partial charge in [-0.05, 0) is 55.4 Å². The van der Waals surface area contributed by atoms with Gasteiger partial charge in [-0.1, -0.05) is 41.9 Å². The number of nitrogens with zero attached hydrogens (tertiary/aromatic N) is 2. The topological polar surface area (TPSA) is 75.1 Å². The zero-order valence-electron chi connectivity index (χ0n) is 15.4. The van der Waals surface area contributed by atoms with Crippen LogP contribution in [0.15, 0.2) is 54.7 Å². The Labute approximate surface area is 168 Å². The summed E-state index contributed by atoms with van der Waals surface area (Å²) in [4.78, 5) is 21.1. The molecule has 2 aromatic heterocycles. The van der Waals surface area contributed by atoms with Crippen LogP contribution in [-0.4, -0.2) is 33.1 Å². The molecule has 1 unspecified atom stereocenters. The summed E-state index contributed by atoms with van der Waals surface area (Å²) in [5.41, 5.74) is 2.28. The molecule has 28 heavy (non-hydrogen) atoms. The number of aliphatic hydroxyl groups excluding tert-OH is 1. The molecule has 144 valence electrons. The number of nitrogens with one attached hydrogen (secondary N) is 1. The minimum absolute atomic E-state index is 0.241. The van der Waals surface area contributed by atoms with Gasteiger partial charge >= 0.3 is 0 Å². The average molecular weight is 396 g/mol. The lowest BCUT2D eigenvalue weighted by molar-refractivity contribution is 0.0568. The number of halogens is 1. The second kappa shape index (κ2) is 8.25. The number of aliphatic hydroxyl groups is 1. The number of carbonyl (C=O) groups excluding carboxylic acids is 1. The van der Waals surface area contributed by atoms with Crippen LogP contribution in [0.4, 0.5) is 0 Å². The zero-order valence-corrected chi connectivity index (χ0v) is 16.1. The number of hydrogen-bond donors (Lipinski definition) is 2. The van der Waals surface area contributed by atoms with E-state index >= 15 is 0 Å². The van der Waals surface area contributed by atoms with Gasteiger partial charge in [-0.2, -0.15) is 0 Å². The Balaban J connectivity index is 1.36. The van der Waals surface area contributed by atoms with Crippen LogP contribution in [0.1, 0.15) is 35.3 Å². The van der Waals surface area contributed by atoms with Crippen LogP contribution in [0, 0.1) is 5.92 Å². The predicted molar refractivity (Wildman–Crippen MR) is 109 cm³/mol. The molecule has 1 aromatic carbocycles. The first-order valence-electron chi connectivity index (χ1n) is 9.53. The molecule has 1 fully saturated rings. The van der Waals surface area contributed by atoms with Crippen LogP contribution in [0.2, 0.25) is 5.15 Å². The van der Waals surface area contributed by atoms with Gasteiger partial charge in [-0.15, -0.1) is 0 Å². The van der Waals surface area contributed by atoms with E-state index in [0.29, 0.717) is 23.2 Å². The van der Waals surface area contributed by atoms with Crippen molar-refractivity contribution in [1.29, 1.82) is 0 Å². The predicted octanol–water partition coefficient (Wildman–Crippen LogP) is 3.79. The van der Waals surface area contributed by atoms with Crippen LogP contribution in [0.5, 0.6) is 0 Å². The van der Waals surface area contributed by atoms with Crippen molar-refractivity contribution < 1.29 is 9.90 Å². The smallest absolute Gasteiger partial charge is 0.270 e. The van der Waals surface area contributed by atoms with Crippen molar-refractivity contribution in [2.45, 2.75) is 37.8 Å². The minimum atomic E-state index is -0.566. The third-order valence-corrected chi connectivity index (χ3v) is 5.61. The Morgan fingerprint density at radius 2 is 2.00 bits per heavy atom. The van der Waals surface area contributed by atoms with E-state index in [2.05, 4.69) is 15.3 Å². The maximum atomic E-state index is 12.6. The van der Waals surface area contributed by atoms with Gasteiger partial charge in [0.25, 0.3) is 5.91 Å². The molecule has 0 bridgehead atoms. The highest BCUT2D eigenvalue weighted by molar-refractivity contribution is 6.29. The largest absolute Gasteiger partial charge is 0.391 e. The normalized spacial score (nSPS) is 22.1. The first-order chi connectivity index (χ1) is 13.6. The number of para-hydroxylation sites is 1. The lowest BCUT2D eigenvalue weighted by atomic mass is 9.81. The molecule has 4 rings (SSSR count). The van der Waals surface area contributed by atoms with E-state index in [0.717, 1.165) is 35.7 Å². The summed E-state index contributed by atoms with van der Waals surface area (Å²) in [5, 5.41) is 15.0. The van der Waals surface area contributed by atoms with E-state index in [1.165, 1.54) is 0 Å². The van der Waals surface area contributed by atoms with Crippen molar-refractivity contribution in [3.63, 3.8) is 0 Å². The van der Waals surface area contributed by atoms with E-state index in [1.807, 2.05) is 36.4 Å². The molecule has 5 nitrogen and oxygen atoms in total. The van der Waals surface area contributed by atoms with Gasteiger partial charge in [0.2, 0.25) is 0 Å².